The predicted molar refractivity (Wildman–Crippen MR) is 140 cm³/mol. The monoisotopic (exact) mass is 554 g/mol. The van der Waals surface area contributed by atoms with E-state index in [0.717, 1.165) is 0 Å². The first-order valence-corrected chi connectivity index (χ1v) is 13.8. The van der Waals surface area contributed by atoms with Gasteiger partial charge >= 0.3 is 5.97 Å². The summed E-state index contributed by atoms with van der Waals surface area (Å²) in [5, 5.41) is 8.84. The van der Waals surface area contributed by atoms with Crippen molar-refractivity contribution in [2.24, 2.45) is 4.36 Å². The van der Waals surface area contributed by atoms with E-state index in [1.165, 1.54) is 41.5 Å². The van der Waals surface area contributed by atoms with Gasteiger partial charge < -0.3 is 14.2 Å². The van der Waals surface area contributed by atoms with Gasteiger partial charge in [0.15, 0.2) is 17.7 Å². The molecule has 0 aliphatic carbocycles. The fraction of sp³-hybridized carbons (Fsp3) is 0.222. The molecule has 1 unspecified atom stereocenters. The van der Waals surface area contributed by atoms with E-state index in [9.17, 15) is 18.2 Å². The van der Waals surface area contributed by atoms with E-state index < -0.39 is 40.0 Å². The number of carbonyl (C=O) groups excluding carboxylic acids is 1. The third kappa shape index (κ3) is 4.83. The number of fused-ring (bicyclic) bond motifs is 2. The van der Waals surface area contributed by atoms with Crippen molar-refractivity contribution in [2.45, 2.75) is 31.4 Å². The number of ether oxygens (including phenoxy) is 1. The number of aromatic nitrogens is 2. The zero-order valence-electron chi connectivity index (χ0n) is 21.2. The van der Waals surface area contributed by atoms with Crippen molar-refractivity contribution in [2.75, 3.05) is 17.7 Å². The number of carboxylic acids is 1. The number of halogens is 2. The molecule has 0 bridgehead atoms. The number of pyridine rings is 1. The number of rotatable bonds is 6. The second kappa shape index (κ2) is 9.77. The predicted octanol–water partition coefficient (Wildman–Crippen LogP) is 4.44. The molecule has 3 heterocycles. The van der Waals surface area contributed by atoms with E-state index in [1.54, 1.807) is 42.6 Å². The normalized spacial score (nSPS) is 16.5. The molecule has 2 aromatic carbocycles. The molecule has 1 N–H and O–H groups in total. The number of carbonyl (C=O) groups is 2. The topological polar surface area (TPSA) is 114 Å². The van der Waals surface area contributed by atoms with Crippen molar-refractivity contribution in [3.8, 4) is 16.9 Å². The number of hydrogen-bond acceptors (Lipinski definition) is 6. The van der Waals surface area contributed by atoms with Gasteiger partial charge in [-0.05, 0) is 43.7 Å². The van der Waals surface area contributed by atoms with Crippen LogP contribution in [0.25, 0.3) is 16.8 Å². The van der Waals surface area contributed by atoms with Crippen molar-refractivity contribution in [3.05, 3.63) is 77.8 Å². The van der Waals surface area contributed by atoms with Crippen LogP contribution in [0.4, 0.5) is 14.5 Å². The summed E-state index contributed by atoms with van der Waals surface area (Å²) in [6, 6.07) is 11.8. The van der Waals surface area contributed by atoms with Crippen molar-refractivity contribution >= 4 is 32.9 Å². The number of anilines is 1. The summed E-state index contributed by atoms with van der Waals surface area (Å²) in [5.41, 5.74) is 2.50. The number of aryl methyl sites for hydroxylation is 1. The second-order valence-corrected chi connectivity index (χ2v) is 11.5. The average Bonchev–Trinajstić information content (AvgIpc) is 3.19. The number of amides is 1. The van der Waals surface area contributed by atoms with Crippen LogP contribution in [-0.2, 0) is 25.9 Å². The van der Waals surface area contributed by atoms with E-state index in [4.69, 9.17) is 9.84 Å². The van der Waals surface area contributed by atoms with Crippen molar-refractivity contribution < 1.29 is 32.4 Å². The molecule has 5 rings (SSSR count). The number of para-hydroxylation sites is 1. The number of benzene rings is 2. The van der Waals surface area contributed by atoms with Gasteiger partial charge in [-0.3, -0.25) is 14.5 Å². The van der Waals surface area contributed by atoms with Crippen LogP contribution in [0.3, 0.4) is 0 Å². The highest BCUT2D eigenvalue weighted by Crippen LogP contribution is 2.37. The Labute approximate surface area is 222 Å². The highest BCUT2D eigenvalue weighted by atomic mass is 32.2. The van der Waals surface area contributed by atoms with Crippen molar-refractivity contribution in [3.63, 3.8) is 0 Å². The maximum Gasteiger partial charge on any atom is 0.326 e. The third-order valence-electron chi connectivity index (χ3n) is 6.51. The number of nitrogens with zero attached hydrogens (tertiary/aromatic N) is 4. The minimum Gasteiger partial charge on any atom is -0.480 e. The van der Waals surface area contributed by atoms with Gasteiger partial charge in [0, 0.05) is 29.0 Å². The fourth-order valence-electron chi connectivity index (χ4n) is 4.48. The zero-order chi connectivity index (χ0) is 28.1. The zero-order valence-corrected chi connectivity index (χ0v) is 22.0. The van der Waals surface area contributed by atoms with Gasteiger partial charge in [-0.25, -0.2) is 22.3 Å². The SMILES string of the molecule is Cc1nc2cc(F)c(-c3ccc(S(C)(=O)=NCC(=O)O)cc3)cn2c1CN1C(=O)[C@H](C)Oc2c(F)cccc21. The van der Waals surface area contributed by atoms with Gasteiger partial charge in [0.2, 0.25) is 0 Å². The molecule has 12 heteroatoms. The van der Waals surface area contributed by atoms with Gasteiger partial charge in [-0.2, -0.15) is 0 Å². The van der Waals surface area contributed by atoms with E-state index in [-0.39, 0.29) is 23.8 Å². The fourth-order valence-corrected chi connectivity index (χ4v) is 5.63. The van der Waals surface area contributed by atoms with Crippen LogP contribution in [0.15, 0.2) is 64.0 Å². The first-order chi connectivity index (χ1) is 18.5. The Hall–Kier alpha value is -4.32. The van der Waals surface area contributed by atoms with Crippen LogP contribution in [0, 0.1) is 18.6 Å². The Balaban J connectivity index is 1.55. The van der Waals surface area contributed by atoms with Crippen LogP contribution >= 0.6 is 0 Å². The summed E-state index contributed by atoms with van der Waals surface area (Å²) in [6.07, 6.45) is 2.01. The lowest BCUT2D eigenvalue weighted by molar-refractivity contribution is -0.135. The number of imidazole rings is 1. The molecule has 2 aromatic heterocycles. The first-order valence-electron chi connectivity index (χ1n) is 11.9. The highest BCUT2D eigenvalue weighted by Gasteiger charge is 2.34. The first kappa shape index (κ1) is 26.3. The van der Waals surface area contributed by atoms with Gasteiger partial charge in [-0.15, -0.1) is 0 Å². The molecule has 0 saturated carbocycles. The smallest absolute Gasteiger partial charge is 0.326 e. The summed E-state index contributed by atoms with van der Waals surface area (Å²) in [7, 11) is -2.95. The lowest BCUT2D eigenvalue weighted by Gasteiger charge is -2.33. The lowest BCUT2D eigenvalue weighted by Crippen LogP contribution is -2.44. The maximum atomic E-state index is 15.2. The molecular formula is C27H24F2N4O5S. The Bertz CT molecular complexity index is 1760. The Morgan fingerprint density at radius 1 is 1.18 bits per heavy atom. The van der Waals surface area contributed by atoms with E-state index >= 15 is 4.39 Å². The third-order valence-corrected chi connectivity index (χ3v) is 8.28. The van der Waals surface area contributed by atoms with E-state index in [1.807, 2.05) is 0 Å². The molecule has 9 nitrogen and oxygen atoms in total. The molecule has 0 saturated heterocycles. The average molecular weight is 555 g/mol. The molecule has 2 atom stereocenters. The van der Waals surface area contributed by atoms with Crippen molar-refractivity contribution in [1.82, 2.24) is 9.38 Å². The number of carboxylic acid groups (broad SMARTS) is 1. The van der Waals surface area contributed by atoms with Crippen molar-refractivity contribution in [1.29, 1.82) is 0 Å². The maximum absolute atomic E-state index is 15.2. The van der Waals surface area contributed by atoms with E-state index in [2.05, 4.69) is 9.35 Å². The van der Waals surface area contributed by atoms with Crippen LogP contribution in [0.1, 0.15) is 18.3 Å². The molecule has 1 aliphatic heterocycles. The highest BCUT2D eigenvalue weighted by molar-refractivity contribution is 7.93. The molecule has 0 radical (unpaired) electrons. The second-order valence-electron chi connectivity index (χ2n) is 9.19. The minimum absolute atomic E-state index is 0.00881. The van der Waals surface area contributed by atoms with Crippen LogP contribution in [0.5, 0.6) is 5.75 Å². The quantitative estimate of drug-likeness (QED) is 0.377. The summed E-state index contributed by atoms with van der Waals surface area (Å²) in [4.78, 5) is 30.1. The summed E-state index contributed by atoms with van der Waals surface area (Å²) >= 11 is 0. The molecule has 1 amide bonds. The Kier molecular flexibility index (Phi) is 6.59. The summed E-state index contributed by atoms with van der Waals surface area (Å²) in [6.45, 7) is 2.75. The lowest BCUT2D eigenvalue weighted by atomic mass is 10.1. The molecule has 39 heavy (non-hydrogen) atoms. The molecule has 0 fully saturated rings. The Morgan fingerprint density at radius 3 is 2.59 bits per heavy atom. The molecule has 1 aliphatic rings. The van der Waals surface area contributed by atoms with Gasteiger partial charge in [-0.1, -0.05) is 18.2 Å². The largest absolute Gasteiger partial charge is 0.480 e. The van der Waals surface area contributed by atoms with E-state index in [0.29, 0.717) is 33.2 Å². The standard InChI is InChI=1S/C27H24F2N4O5S/c1-15-23(14-33-22-6-4-5-20(28)26(22)38-16(2)27(33)36)32-13-19(21(29)11-24(32)31-15)17-7-9-18(10-8-17)39(3,37)30-12-25(34)35/h4-11,13,16H,12,14H2,1-3H3,(H,34,35)/t16-,39?/m0/s1. The minimum atomic E-state index is -2.95. The van der Waals surface area contributed by atoms with Crippen LogP contribution < -0.4 is 9.64 Å². The van der Waals surface area contributed by atoms with Gasteiger partial charge in [0.25, 0.3) is 5.91 Å². The molecule has 0 spiro atoms. The van der Waals surface area contributed by atoms with Gasteiger partial charge in [0.1, 0.15) is 18.0 Å². The van der Waals surface area contributed by atoms with Crippen LogP contribution in [-0.4, -0.2) is 49.5 Å². The number of hydrogen-bond donors (Lipinski definition) is 1. The molecular weight excluding hydrogens is 530 g/mol. The molecule has 202 valence electrons. The molecule has 4 aromatic rings. The number of aliphatic carboxylic acids is 1. The van der Waals surface area contributed by atoms with Crippen LogP contribution in [0.2, 0.25) is 0 Å². The van der Waals surface area contributed by atoms with Gasteiger partial charge in [0.05, 0.1) is 33.3 Å². The summed E-state index contributed by atoms with van der Waals surface area (Å²) < 4.78 is 53.4. The summed E-state index contributed by atoms with van der Waals surface area (Å²) in [5.74, 6) is -2.67. The Morgan fingerprint density at radius 2 is 1.90 bits per heavy atom.